The zero-order chi connectivity index (χ0) is 10.7. The zero-order valence-electron chi connectivity index (χ0n) is 8.71. The summed E-state index contributed by atoms with van der Waals surface area (Å²) in [4.78, 5) is 11.5. The Hall–Kier alpha value is -1.18. The van der Waals surface area contributed by atoms with Gasteiger partial charge in [-0.3, -0.25) is 4.79 Å². The van der Waals surface area contributed by atoms with Crippen LogP contribution < -0.4 is 0 Å². The number of rotatable bonds is 5. The maximum Gasteiger partial charge on any atom is 0.137 e. The van der Waals surface area contributed by atoms with E-state index in [1.807, 2.05) is 0 Å². The topological polar surface area (TPSA) is 17.1 Å². The van der Waals surface area contributed by atoms with Gasteiger partial charge in [-0.05, 0) is 30.0 Å². The maximum absolute atomic E-state index is 12.8. The van der Waals surface area contributed by atoms with Crippen LogP contribution in [0.3, 0.4) is 0 Å². The van der Waals surface area contributed by atoms with E-state index in [0.29, 0.717) is 12.8 Å². The van der Waals surface area contributed by atoms with Gasteiger partial charge in [0, 0.05) is 12.8 Å². The van der Waals surface area contributed by atoms with Crippen LogP contribution in [0, 0.1) is 11.7 Å². The molecule has 1 aliphatic rings. The van der Waals surface area contributed by atoms with Gasteiger partial charge < -0.3 is 0 Å². The van der Waals surface area contributed by atoms with Crippen molar-refractivity contribution in [3.05, 3.63) is 35.6 Å². The van der Waals surface area contributed by atoms with E-state index in [2.05, 4.69) is 0 Å². The van der Waals surface area contributed by atoms with Crippen LogP contribution in [0.2, 0.25) is 0 Å². The molecule has 0 bridgehead atoms. The number of benzene rings is 1. The number of carbonyl (C=O) groups excluding carboxylic acids is 1. The lowest BCUT2D eigenvalue weighted by Crippen LogP contribution is -2.03. The molecule has 0 atom stereocenters. The molecular formula is C13H15FO. The molecule has 15 heavy (non-hydrogen) atoms. The second-order valence-electron chi connectivity index (χ2n) is 4.33. The standard InChI is InChI=1S/C13H15FO/c14-12-3-1-2-11(8-12)9-13(15)7-6-10-4-5-10/h1-3,8,10H,4-7,9H2. The molecule has 0 amide bonds. The minimum absolute atomic E-state index is 0.229. The molecule has 0 saturated heterocycles. The molecular weight excluding hydrogens is 191 g/mol. The van der Waals surface area contributed by atoms with Crippen LogP contribution >= 0.6 is 0 Å². The first-order valence-corrected chi connectivity index (χ1v) is 5.50. The highest BCUT2D eigenvalue weighted by Gasteiger charge is 2.21. The molecule has 1 aliphatic carbocycles. The largest absolute Gasteiger partial charge is 0.299 e. The fraction of sp³-hybridized carbons (Fsp3) is 0.462. The summed E-state index contributed by atoms with van der Waals surface area (Å²) in [6, 6.07) is 6.30. The van der Waals surface area contributed by atoms with Crippen molar-refractivity contribution in [1.82, 2.24) is 0 Å². The number of ketones is 1. The minimum atomic E-state index is -0.262. The second kappa shape index (κ2) is 4.56. The van der Waals surface area contributed by atoms with Gasteiger partial charge in [0.1, 0.15) is 11.6 Å². The van der Waals surface area contributed by atoms with Crippen molar-refractivity contribution in [2.45, 2.75) is 32.1 Å². The lowest BCUT2D eigenvalue weighted by molar-refractivity contribution is -0.118. The highest BCUT2D eigenvalue weighted by molar-refractivity contribution is 5.80. The van der Waals surface area contributed by atoms with E-state index in [0.717, 1.165) is 17.9 Å². The summed E-state index contributed by atoms with van der Waals surface area (Å²) >= 11 is 0. The number of Topliss-reactive ketones (excluding diaryl/α,β-unsaturated/α-hetero) is 1. The van der Waals surface area contributed by atoms with E-state index >= 15 is 0 Å². The Balaban J connectivity index is 1.81. The first-order chi connectivity index (χ1) is 7.24. The quantitative estimate of drug-likeness (QED) is 0.723. The molecule has 0 heterocycles. The van der Waals surface area contributed by atoms with Crippen LogP contribution in [-0.2, 0) is 11.2 Å². The van der Waals surface area contributed by atoms with Crippen LogP contribution in [0.25, 0.3) is 0 Å². The average Bonchev–Trinajstić information content (AvgIpc) is 2.98. The fourth-order valence-electron chi connectivity index (χ4n) is 1.73. The molecule has 0 aromatic heterocycles. The van der Waals surface area contributed by atoms with Gasteiger partial charge in [-0.2, -0.15) is 0 Å². The average molecular weight is 206 g/mol. The Kier molecular flexibility index (Phi) is 3.14. The first-order valence-electron chi connectivity index (χ1n) is 5.50. The Bertz CT molecular complexity index is 355. The number of carbonyl (C=O) groups is 1. The molecule has 1 fully saturated rings. The summed E-state index contributed by atoms with van der Waals surface area (Å²) in [5.41, 5.74) is 0.788. The maximum atomic E-state index is 12.8. The predicted molar refractivity (Wildman–Crippen MR) is 57.1 cm³/mol. The lowest BCUT2D eigenvalue weighted by Gasteiger charge is -2.00. The van der Waals surface area contributed by atoms with E-state index in [4.69, 9.17) is 0 Å². The molecule has 1 aromatic carbocycles. The molecule has 1 aromatic rings. The molecule has 0 radical (unpaired) electrons. The molecule has 80 valence electrons. The van der Waals surface area contributed by atoms with E-state index in [1.165, 1.54) is 25.0 Å². The summed E-state index contributed by atoms with van der Waals surface area (Å²) < 4.78 is 12.8. The smallest absolute Gasteiger partial charge is 0.137 e. The minimum Gasteiger partial charge on any atom is -0.299 e. The van der Waals surface area contributed by atoms with E-state index < -0.39 is 0 Å². The molecule has 0 unspecified atom stereocenters. The summed E-state index contributed by atoms with van der Waals surface area (Å²) in [5, 5.41) is 0. The van der Waals surface area contributed by atoms with Crippen molar-refractivity contribution >= 4 is 5.78 Å². The van der Waals surface area contributed by atoms with Gasteiger partial charge in [0.15, 0.2) is 0 Å². The predicted octanol–water partition coefficient (Wildman–Crippen LogP) is 3.13. The van der Waals surface area contributed by atoms with Gasteiger partial charge in [0.05, 0.1) is 0 Å². The zero-order valence-corrected chi connectivity index (χ0v) is 8.71. The Morgan fingerprint density at radius 3 is 2.87 bits per heavy atom. The number of halogens is 1. The summed E-state index contributed by atoms with van der Waals surface area (Å²) in [7, 11) is 0. The van der Waals surface area contributed by atoms with Crippen molar-refractivity contribution in [2.24, 2.45) is 5.92 Å². The van der Waals surface area contributed by atoms with E-state index in [9.17, 15) is 9.18 Å². The van der Waals surface area contributed by atoms with Gasteiger partial charge in [0.2, 0.25) is 0 Å². The van der Waals surface area contributed by atoms with Gasteiger partial charge >= 0.3 is 0 Å². The molecule has 1 saturated carbocycles. The second-order valence-corrected chi connectivity index (χ2v) is 4.33. The number of hydrogen-bond acceptors (Lipinski definition) is 1. The van der Waals surface area contributed by atoms with Crippen molar-refractivity contribution in [3.8, 4) is 0 Å². The monoisotopic (exact) mass is 206 g/mol. The normalized spacial score (nSPS) is 15.3. The van der Waals surface area contributed by atoms with E-state index in [-0.39, 0.29) is 11.6 Å². The highest BCUT2D eigenvalue weighted by atomic mass is 19.1. The van der Waals surface area contributed by atoms with Crippen LogP contribution in [0.15, 0.2) is 24.3 Å². The molecule has 0 N–H and O–H groups in total. The molecule has 2 rings (SSSR count). The Labute approximate surface area is 89.3 Å². The van der Waals surface area contributed by atoms with Crippen LogP contribution in [0.5, 0.6) is 0 Å². The summed E-state index contributed by atoms with van der Waals surface area (Å²) in [6.45, 7) is 0. The summed E-state index contributed by atoms with van der Waals surface area (Å²) in [5.74, 6) is 0.761. The highest BCUT2D eigenvalue weighted by Crippen LogP contribution is 2.33. The number of hydrogen-bond donors (Lipinski definition) is 0. The Morgan fingerprint density at radius 1 is 1.40 bits per heavy atom. The van der Waals surface area contributed by atoms with E-state index in [1.54, 1.807) is 12.1 Å². The van der Waals surface area contributed by atoms with Crippen LogP contribution in [-0.4, -0.2) is 5.78 Å². The lowest BCUT2D eigenvalue weighted by atomic mass is 10.0. The fourth-order valence-corrected chi connectivity index (χ4v) is 1.73. The molecule has 0 spiro atoms. The van der Waals surface area contributed by atoms with Gasteiger partial charge in [-0.25, -0.2) is 4.39 Å². The van der Waals surface area contributed by atoms with Crippen LogP contribution in [0.4, 0.5) is 4.39 Å². The Morgan fingerprint density at radius 2 is 2.20 bits per heavy atom. The van der Waals surface area contributed by atoms with Gasteiger partial charge in [-0.1, -0.05) is 25.0 Å². The SMILES string of the molecule is O=C(CCC1CC1)Cc1cccc(F)c1. The van der Waals surface area contributed by atoms with Crippen LogP contribution in [0.1, 0.15) is 31.2 Å². The van der Waals surface area contributed by atoms with Crippen molar-refractivity contribution < 1.29 is 9.18 Å². The third-order valence-electron chi connectivity index (χ3n) is 2.82. The van der Waals surface area contributed by atoms with Gasteiger partial charge in [-0.15, -0.1) is 0 Å². The van der Waals surface area contributed by atoms with Crippen molar-refractivity contribution in [2.75, 3.05) is 0 Å². The van der Waals surface area contributed by atoms with Crippen molar-refractivity contribution in [1.29, 1.82) is 0 Å². The summed E-state index contributed by atoms with van der Waals surface area (Å²) in [6.07, 6.45) is 4.63. The molecule has 0 aliphatic heterocycles. The third kappa shape index (κ3) is 3.46. The molecule has 2 heteroatoms. The molecule has 1 nitrogen and oxygen atoms in total. The third-order valence-corrected chi connectivity index (χ3v) is 2.82. The van der Waals surface area contributed by atoms with Crippen molar-refractivity contribution in [3.63, 3.8) is 0 Å². The first kappa shape index (κ1) is 10.3. The van der Waals surface area contributed by atoms with Gasteiger partial charge in [0.25, 0.3) is 0 Å².